The molecule has 9 heteroatoms. The minimum atomic E-state index is -4.44. The van der Waals surface area contributed by atoms with Crippen molar-refractivity contribution in [2.24, 2.45) is 0 Å². The number of H-pyrrole nitrogens is 1. The molecule has 1 aromatic heterocycles. The molecule has 2 aromatic carbocycles. The van der Waals surface area contributed by atoms with Crippen molar-refractivity contribution in [3.63, 3.8) is 0 Å². The maximum absolute atomic E-state index is 12.7. The Balaban J connectivity index is 2.14. The van der Waals surface area contributed by atoms with E-state index in [1.54, 1.807) is 12.1 Å². The highest BCUT2D eigenvalue weighted by molar-refractivity contribution is 6.32. The van der Waals surface area contributed by atoms with Gasteiger partial charge in [0.1, 0.15) is 5.75 Å². The molecule has 3 rings (SSSR count). The average molecular weight is 370 g/mol. The van der Waals surface area contributed by atoms with Gasteiger partial charge in [-0.25, -0.2) is 14.5 Å². The molecule has 0 atom stereocenters. The minimum Gasteiger partial charge on any atom is -0.497 e. The van der Waals surface area contributed by atoms with Gasteiger partial charge in [-0.1, -0.05) is 23.7 Å². The molecule has 0 bridgehead atoms. The summed E-state index contributed by atoms with van der Waals surface area (Å²) in [6, 6.07) is 9.03. The molecule has 0 fully saturated rings. The van der Waals surface area contributed by atoms with Crippen LogP contribution in [0, 0.1) is 0 Å². The van der Waals surface area contributed by atoms with Gasteiger partial charge >= 0.3 is 11.9 Å². The van der Waals surface area contributed by atoms with Crippen LogP contribution in [0.3, 0.4) is 0 Å². The van der Waals surface area contributed by atoms with E-state index in [4.69, 9.17) is 16.3 Å². The molecule has 0 aliphatic heterocycles. The summed E-state index contributed by atoms with van der Waals surface area (Å²) in [7, 11) is 1.46. The molecule has 0 amide bonds. The molecule has 1 N–H and O–H groups in total. The highest BCUT2D eigenvalue weighted by Crippen LogP contribution is 2.32. The maximum atomic E-state index is 12.7. The van der Waals surface area contributed by atoms with Gasteiger partial charge in [-0.15, -0.1) is 0 Å². The first-order valence-corrected chi connectivity index (χ1v) is 7.38. The predicted octanol–water partition coefficient (Wildman–Crippen LogP) is 3.91. The number of rotatable bonds is 3. The second-order valence-corrected chi connectivity index (χ2v) is 5.49. The summed E-state index contributed by atoms with van der Waals surface area (Å²) in [6.45, 7) is 0. The zero-order chi connectivity index (χ0) is 18.2. The zero-order valence-corrected chi connectivity index (χ0v) is 13.5. The lowest BCUT2D eigenvalue weighted by Gasteiger charge is -2.11. The monoisotopic (exact) mass is 369 g/mol. The topological polar surface area (TPSA) is 59.9 Å². The Morgan fingerprint density at radius 3 is 2.44 bits per heavy atom. The molecule has 0 radical (unpaired) electrons. The van der Waals surface area contributed by atoms with Crippen LogP contribution in [-0.4, -0.2) is 21.9 Å². The molecule has 0 unspecified atom stereocenters. The Bertz CT molecular complexity index is 962. The molecular weight excluding hydrogens is 359 g/mol. The Kier molecular flexibility index (Phi) is 4.30. The Morgan fingerprint density at radius 2 is 1.84 bits per heavy atom. The second kappa shape index (κ2) is 6.29. The normalized spacial score (nSPS) is 11.6. The molecule has 0 aliphatic carbocycles. The van der Waals surface area contributed by atoms with Crippen LogP contribution in [0.25, 0.3) is 17.1 Å². The fourth-order valence-corrected chi connectivity index (χ4v) is 2.52. The standard InChI is InChI=1S/C16H11ClF3N3O2/c1-25-11-6-7-12(17)13(8-11)23-14(21-22-15(23)24)9-2-4-10(5-3-9)16(18,19)20/h2-8H,1H3,(H,22,24). The van der Waals surface area contributed by atoms with Crippen LogP contribution in [0.4, 0.5) is 13.2 Å². The van der Waals surface area contributed by atoms with Gasteiger partial charge in [-0.3, -0.25) is 0 Å². The van der Waals surface area contributed by atoms with Gasteiger partial charge in [0.05, 0.1) is 23.4 Å². The fraction of sp³-hybridized carbons (Fsp3) is 0.125. The van der Waals surface area contributed by atoms with E-state index >= 15 is 0 Å². The number of aromatic nitrogens is 3. The molecular formula is C16H11ClF3N3O2. The first-order chi connectivity index (χ1) is 11.8. The third-order valence-corrected chi connectivity index (χ3v) is 3.86. The Labute approximate surface area is 144 Å². The summed E-state index contributed by atoms with van der Waals surface area (Å²) in [4.78, 5) is 12.2. The zero-order valence-electron chi connectivity index (χ0n) is 12.8. The van der Waals surface area contributed by atoms with Crippen LogP contribution in [-0.2, 0) is 6.18 Å². The molecule has 130 valence electrons. The SMILES string of the molecule is COc1ccc(Cl)c(-n2c(-c3ccc(C(F)(F)F)cc3)n[nH]c2=O)c1. The number of nitrogens with zero attached hydrogens (tertiary/aromatic N) is 2. The highest BCUT2D eigenvalue weighted by atomic mass is 35.5. The van der Waals surface area contributed by atoms with E-state index in [1.807, 2.05) is 0 Å². The third kappa shape index (κ3) is 3.25. The molecule has 0 spiro atoms. The van der Waals surface area contributed by atoms with Gasteiger partial charge in [0.25, 0.3) is 0 Å². The van der Waals surface area contributed by atoms with Gasteiger partial charge in [0.15, 0.2) is 5.82 Å². The van der Waals surface area contributed by atoms with Gasteiger partial charge in [-0.2, -0.15) is 18.3 Å². The van der Waals surface area contributed by atoms with E-state index in [-0.39, 0.29) is 10.8 Å². The third-order valence-electron chi connectivity index (χ3n) is 3.54. The summed E-state index contributed by atoms with van der Waals surface area (Å²) in [6.07, 6.45) is -4.44. The summed E-state index contributed by atoms with van der Waals surface area (Å²) >= 11 is 6.16. The van der Waals surface area contributed by atoms with Crippen LogP contribution >= 0.6 is 11.6 Å². The number of hydrogen-bond donors (Lipinski definition) is 1. The fourth-order valence-electron chi connectivity index (χ4n) is 2.31. The van der Waals surface area contributed by atoms with Crippen molar-refractivity contribution in [2.75, 3.05) is 7.11 Å². The maximum Gasteiger partial charge on any atom is 0.416 e. The van der Waals surface area contributed by atoms with E-state index in [1.165, 1.54) is 29.9 Å². The summed E-state index contributed by atoms with van der Waals surface area (Å²) < 4.78 is 44.4. The van der Waals surface area contributed by atoms with E-state index in [2.05, 4.69) is 10.2 Å². The van der Waals surface area contributed by atoms with Crippen molar-refractivity contribution < 1.29 is 17.9 Å². The van der Waals surface area contributed by atoms with Crippen molar-refractivity contribution in [2.45, 2.75) is 6.18 Å². The van der Waals surface area contributed by atoms with Crippen molar-refractivity contribution in [1.29, 1.82) is 0 Å². The van der Waals surface area contributed by atoms with Crippen LogP contribution in [0.1, 0.15) is 5.56 Å². The van der Waals surface area contributed by atoms with E-state index < -0.39 is 17.4 Å². The van der Waals surface area contributed by atoms with Crippen LogP contribution in [0.5, 0.6) is 5.75 Å². The number of nitrogens with one attached hydrogen (secondary N) is 1. The number of methoxy groups -OCH3 is 1. The van der Waals surface area contributed by atoms with Crippen molar-refractivity contribution in [1.82, 2.24) is 14.8 Å². The second-order valence-electron chi connectivity index (χ2n) is 5.08. The number of benzene rings is 2. The summed E-state index contributed by atoms with van der Waals surface area (Å²) in [5.74, 6) is 0.597. The smallest absolute Gasteiger partial charge is 0.416 e. The lowest BCUT2D eigenvalue weighted by Crippen LogP contribution is -2.16. The van der Waals surface area contributed by atoms with E-state index in [9.17, 15) is 18.0 Å². The first-order valence-electron chi connectivity index (χ1n) is 7.00. The number of hydrogen-bond acceptors (Lipinski definition) is 3. The molecule has 25 heavy (non-hydrogen) atoms. The van der Waals surface area contributed by atoms with Crippen LogP contribution < -0.4 is 10.4 Å². The largest absolute Gasteiger partial charge is 0.497 e. The molecule has 1 heterocycles. The van der Waals surface area contributed by atoms with Crippen molar-refractivity contribution >= 4 is 11.6 Å². The molecule has 0 saturated carbocycles. The minimum absolute atomic E-state index is 0.133. The molecule has 3 aromatic rings. The summed E-state index contributed by atoms with van der Waals surface area (Å²) in [5, 5.41) is 6.44. The molecule has 5 nitrogen and oxygen atoms in total. The Hall–Kier alpha value is -2.74. The average Bonchev–Trinajstić information content (AvgIpc) is 2.96. The number of halogens is 4. The van der Waals surface area contributed by atoms with Crippen molar-refractivity contribution in [3.8, 4) is 22.8 Å². The Morgan fingerprint density at radius 1 is 1.16 bits per heavy atom. The van der Waals surface area contributed by atoms with Gasteiger partial charge < -0.3 is 4.74 Å². The van der Waals surface area contributed by atoms with E-state index in [0.29, 0.717) is 17.0 Å². The van der Waals surface area contributed by atoms with Gasteiger partial charge in [0.2, 0.25) is 0 Å². The highest BCUT2D eigenvalue weighted by Gasteiger charge is 2.30. The predicted molar refractivity (Wildman–Crippen MR) is 86.2 cm³/mol. The van der Waals surface area contributed by atoms with Gasteiger partial charge in [-0.05, 0) is 24.3 Å². The molecule has 0 saturated heterocycles. The van der Waals surface area contributed by atoms with Crippen LogP contribution in [0.15, 0.2) is 47.3 Å². The quantitative estimate of drug-likeness (QED) is 0.761. The molecule has 0 aliphatic rings. The number of aromatic amines is 1. The first kappa shape index (κ1) is 17.1. The van der Waals surface area contributed by atoms with E-state index in [0.717, 1.165) is 12.1 Å². The lowest BCUT2D eigenvalue weighted by atomic mass is 10.1. The van der Waals surface area contributed by atoms with Crippen molar-refractivity contribution in [3.05, 3.63) is 63.5 Å². The number of alkyl halides is 3. The number of ether oxygens (including phenoxy) is 1. The lowest BCUT2D eigenvalue weighted by molar-refractivity contribution is -0.137. The van der Waals surface area contributed by atoms with Crippen LogP contribution in [0.2, 0.25) is 5.02 Å². The van der Waals surface area contributed by atoms with Gasteiger partial charge in [0, 0.05) is 11.6 Å². The summed E-state index contributed by atoms with van der Waals surface area (Å²) in [5.41, 5.74) is -0.745.